The van der Waals surface area contributed by atoms with Gasteiger partial charge in [-0.25, -0.2) is 9.97 Å². The zero-order valence-electron chi connectivity index (χ0n) is 13.7. The lowest BCUT2D eigenvalue weighted by molar-refractivity contribution is -0.129. The highest BCUT2D eigenvalue weighted by Crippen LogP contribution is 2.19. The van der Waals surface area contributed by atoms with Gasteiger partial charge in [-0.2, -0.15) is 0 Å². The fraction of sp³-hybridized carbons (Fsp3) is 0.688. The maximum Gasteiger partial charge on any atom is 0.225 e. The van der Waals surface area contributed by atoms with Crippen molar-refractivity contribution in [1.82, 2.24) is 15.3 Å². The third-order valence-corrected chi connectivity index (χ3v) is 3.76. The first-order chi connectivity index (χ1) is 9.75. The Morgan fingerprint density at radius 3 is 2.19 bits per heavy atom. The maximum atomic E-state index is 12.0. The molecule has 0 aliphatic carbocycles. The van der Waals surface area contributed by atoms with Gasteiger partial charge in [0.25, 0.3) is 0 Å². The Kier molecular flexibility index (Phi) is 4.49. The van der Waals surface area contributed by atoms with Crippen LogP contribution in [0, 0.1) is 19.3 Å². The Bertz CT molecular complexity index is 493. The molecule has 1 aliphatic rings. The number of anilines is 1. The molecule has 0 bridgehead atoms. The second kappa shape index (κ2) is 6.00. The van der Waals surface area contributed by atoms with Crippen LogP contribution in [0.25, 0.3) is 0 Å². The van der Waals surface area contributed by atoms with E-state index in [1.165, 1.54) is 0 Å². The molecule has 5 nitrogen and oxygen atoms in total. The molecule has 0 unspecified atom stereocenters. The van der Waals surface area contributed by atoms with Gasteiger partial charge in [0.2, 0.25) is 11.9 Å². The monoisotopic (exact) mass is 290 g/mol. The molecule has 2 rings (SSSR count). The summed E-state index contributed by atoms with van der Waals surface area (Å²) >= 11 is 0. The van der Waals surface area contributed by atoms with Crippen LogP contribution in [0.1, 0.15) is 45.0 Å². The highest BCUT2D eigenvalue weighted by atomic mass is 16.2. The van der Waals surface area contributed by atoms with Crippen LogP contribution in [0.15, 0.2) is 6.07 Å². The fourth-order valence-corrected chi connectivity index (χ4v) is 2.47. The topological polar surface area (TPSA) is 58.1 Å². The molecule has 0 spiro atoms. The highest BCUT2D eigenvalue weighted by Gasteiger charge is 2.27. The summed E-state index contributed by atoms with van der Waals surface area (Å²) in [5.74, 6) is 0.941. The summed E-state index contributed by atoms with van der Waals surface area (Å²) in [5.41, 5.74) is 1.68. The molecule has 5 heteroatoms. The van der Waals surface area contributed by atoms with Gasteiger partial charge in [0, 0.05) is 35.9 Å². The van der Waals surface area contributed by atoms with Gasteiger partial charge < -0.3 is 10.2 Å². The number of hydrogen-bond donors (Lipinski definition) is 1. The van der Waals surface area contributed by atoms with Crippen molar-refractivity contribution in [3.8, 4) is 0 Å². The zero-order chi connectivity index (χ0) is 15.6. The minimum absolute atomic E-state index is 0.128. The molecule has 21 heavy (non-hydrogen) atoms. The van der Waals surface area contributed by atoms with E-state index < -0.39 is 0 Å². The first-order valence-electron chi connectivity index (χ1n) is 7.64. The number of carbonyl (C=O) groups excluding carboxylic acids is 1. The molecule has 0 saturated carbocycles. The number of aromatic nitrogens is 2. The van der Waals surface area contributed by atoms with Crippen molar-refractivity contribution in [2.24, 2.45) is 5.41 Å². The van der Waals surface area contributed by atoms with Crippen molar-refractivity contribution in [3.63, 3.8) is 0 Å². The first kappa shape index (κ1) is 15.7. The molecular weight excluding hydrogens is 264 g/mol. The molecule has 1 saturated heterocycles. The average Bonchev–Trinajstić information content (AvgIpc) is 2.37. The van der Waals surface area contributed by atoms with Crippen molar-refractivity contribution in [2.45, 2.75) is 53.5 Å². The maximum absolute atomic E-state index is 12.0. The van der Waals surface area contributed by atoms with E-state index in [1.807, 2.05) is 40.7 Å². The zero-order valence-corrected chi connectivity index (χ0v) is 13.7. The van der Waals surface area contributed by atoms with Gasteiger partial charge in [0.15, 0.2) is 0 Å². The molecule has 2 heterocycles. The summed E-state index contributed by atoms with van der Waals surface area (Å²) < 4.78 is 0. The summed E-state index contributed by atoms with van der Waals surface area (Å²) in [4.78, 5) is 23.3. The van der Waals surface area contributed by atoms with Gasteiger partial charge in [-0.15, -0.1) is 0 Å². The van der Waals surface area contributed by atoms with Crippen molar-refractivity contribution in [3.05, 3.63) is 17.5 Å². The Hall–Kier alpha value is -1.65. The predicted molar refractivity (Wildman–Crippen MR) is 84.3 cm³/mol. The van der Waals surface area contributed by atoms with Crippen LogP contribution in [0.4, 0.5) is 5.95 Å². The number of amides is 1. The summed E-state index contributed by atoms with van der Waals surface area (Å²) in [6.07, 6.45) is 1.89. The SMILES string of the molecule is Cc1cc(C)nc(N2CCC(NC(=O)C(C)(C)C)CC2)n1. The smallest absolute Gasteiger partial charge is 0.225 e. The van der Waals surface area contributed by atoms with E-state index in [0.29, 0.717) is 0 Å². The summed E-state index contributed by atoms with van der Waals surface area (Å²) in [6.45, 7) is 11.6. The van der Waals surface area contributed by atoms with Gasteiger partial charge in [-0.05, 0) is 32.8 Å². The second-order valence-electron chi connectivity index (χ2n) is 6.94. The van der Waals surface area contributed by atoms with E-state index >= 15 is 0 Å². The Morgan fingerprint density at radius 2 is 1.71 bits per heavy atom. The van der Waals surface area contributed by atoms with Crippen LogP contribution < -0.4 is 10.2 Å². The van der Waals surface area contributed by atoms with E-state index in [1.54, 1.807) is 0 Å². The molecule has 1 fully saturated rings. The number of piperidine rings is 1. The molecule has 1 aliphatic heterocycles. The molecule has 0 atom stereocenters. The van der Waals surface area contributed by atoms with E-state index in [9.17, 15) is 4.79 Å². The first-order valence-corrected chi connectivity index (χ1v) is 7.64. The lowest BCUT2D eigenvalue weighted by Gasteiger charge is -2.33. The number of nitrogens with one attached hydrogen (secondary N) is 1. The highest BCUT2D eigenvalue weighted by molar-refractivity contribution is 5.81. The summed E-state index contributed by atoms with van der Waals surface area (Å²) in [5, 5.41) is 3.15. The third-order valence-electron chi connectivity index (χ3n) is 3.76. The van der Waals surface area contributed by atoms with Crippen LogP contribution >= 0.6 is 0 Å². The Morgan fingerprint density at radius 1 is 1.19 bits per heavy atom. The Labute approximate surface area is 127 Å². The Balaban J connectivity index is 1.93. The van der Waals surface area contributed by atoms with Crippen molar-refractivity contribution in [1.29, 1.82) is 0 Å². The molecule has 0 radical (unpaired) electrons. The summed E-state index contributed by atoms with van der Waals surface area (Å²) in [7, 11) is 0. The van der Waals surface area contributed by atoms with E-state index in [-0.39, 0.29) is 17.4 Å². The van der Waals surface area contributed by atoms with Crippen LogP contribution in [-0.4, -0.2) is 35.0 Å². The normalized spacial score (nSPS) is 16.9. The summed E-state index contributed by atoms with van der Waals surface area (Å²) in [6, 6.07) is 2.25. The third kappa shape index (κ3) is 4.16. The number of hydrogen-bond acceptors (Lipinski definition) is 4. The van der Waals surface area contributed by atoms with E-state index in [2.05, 4.69) is 20.2 Å². The van der Waals surface area contributed by atoms with E-state index in [0.717, 1.165) is 43.3 Å². The standard InChI is InChI=1S/C16H26N4O/c1-11-10-12(2)18-15(17-11)20-8-6-13(7-9-20)19-14(21)16(3,4)5/h10,13H,6-9H2,1-5H3,(H,19,21). The van der Waals surface area contributed by atoms with Gasteiger partial charge in [-0.3, -0.25) is 4.79 Å². The lowest BCUT2D eigenvalue weighted by Crippen LogP contribution is -2.48. The lowest BCUT2D eigenvalue weighted by atomic mass is 9.94. The second-order valence-corrected chi connectivity index (χ2v) is 6.94. The van der Waals surface area contributed by atoms with Crippen molar-refractivity contribution >= 4 is 11.9 Å². The number of rotatable bonds is 2. The molecule has 116 valence electrons. The molecule has 1 aromatic heterocycles. The van der Waals surface area contributed by atoms with Gasteiger partial charge in [0.1, 0.15) is 0 Å². The van der Waals surface area contributed by atoms with Gasteiger partial charge in [0.05, 0.1) is 0 Å². The van der Waals surface area contributed by atoms with Gasteiger partial charge >= 0.3 is 0 Å². The molecule has 1 N–H and O–H groups in total. The average molecular weight is 290 g/mol. The molecule has 1 aromatic rings. The number of carbonyl (C=O) groups is 1. The number of aryl methyl sites for hydroxylation is 2. The van der Waals surface area contributed by atoms with Gasteiger partial charge in [-0.1, -0.05) is 20.8 Å². The van der Waals surface area contributed by atoms with Crippen LogP contribution in [0.3, 0.4) is 0 Å². The quantitative estimate of drug-likeness (QED) is 0.907. The molecule has 1 amide bonds. The minimum atomic E-state index is -0.325. The van der Waals surface area contributed by atoms with Crippen molar-refractivity contribution in [2.75, 3.05) is 18.0 Å². The fourth-order valence-electron chi connectivity index (χ4n) is 2.47. The minimum Gasteiger partial charge on any atom is -0.353 e. The number of nitrogens with zero attached hydrogens (tertiary/aromatic N) is 3. The largest absolute Gasteiger partial charge is 0.353 e. The molecule has 0 aromatic carbocycles. The van der Waals surface area contributed by atoms with Crippen molar-refractivity contribution < 1.29 is 4.79 Å². The van der Waals surface area contributed by atoms with Crippen LogP contribution in [-0.2, 0) is 4.79 Å². The van der Waals surface area contributed by atoms with E-state index in [4.69, 9.17) is 0 Å². The molecular formula is C16H26N4O. The predicted octanol–water partition coefficient (Wildman–Crippen LogP) is 2.22. The van der Waals surface area contributed by atoms with Crippen LogP contribution in [0.2, 0.25) is 0 Å². The van der Waals surface area contributed by atoms with Crippen LogP contribution in [0.5, 0.6) is 0 Å².